The van der Waals surface area contributed by atoms with Gasteiger partial charge in [0.15, 0.2) is 0 Å². The van der Waals surface area contributed by atoms with Crippen LogP contribution in [0.4, 0.5) is 0 Å². The maximum Gasteiger partial charge on any atom is 0.217 e. The van der Waals surface area contributed by atoms with Gasteiger partial charge in [-0.1, -0.05) is 27.7 Å². The fraction of sp³-hybridized carbons (Fsp3) is 0.889. The lowest BCUT2D eigenvalue weighted by molar-refractivity contribution is -0.119. The Balaban J connectivity index is -0.000000175. The van der Waals surface area contributed by atoms with Crippen LogP contribution in [0.25, 0.3) is 0 Å². The second-order valence-electron chi connectivity index (χ2n) is 1.78. The molecule has 0 aromatic heterocycles. The largest absolute Gasteiger partial charge is 0.394 e. The standard InChI is InChI=1S/C5H11NO2.2C2H6/c1-4(3-7)6-5(2)8;2*1-2/h4,7H,3H2,1-2H3,(H,6,8);2*1-2H3. The van der Waals surface area contributed by atoms with Crippen LogP contribution in [0, 0.1) is 0 Å². The first-order chi connectivity index (χ1) is 5.66. The third kappa shape index (κ3) is 22.7. The quantitative estimate of drug-likeness (QED) is 0.672. The molecule has 76 valence electrons. The van der Waals surface area contributed by atoms with E-state index in [1.807, 2.05) is 27.7 Å². The monoisotopic (exact) mass is 177 g/mol. The predicted octanol–water partition coefficient (Wildman–Crippen LogP) is 1.56. The van der Waals surface area contributed by atoms with Crippen LogP contribution in [0.1, 0.15) is 41.5 Å². The van der Waals surface area contributed by atoms with Gasteiger partial charge in [-0.25, -0.2) is 0 Å². The molecule has 0 aliphatic rings. The Hall–Kier alpha value is -0.570. The summed E-state index contributed by atoms with van der Waals surface area (Å²) < 4.78 is 0. The fourth-order valence-electron chi connectivity index (χ4n) is 0.393. The molecule has 0 rings (SSSR count). The van der Waals surface area contributed by atoms with Gasteiger partial charge in [0.1, 0.15) is 0 Å². The molecule has 0 spiro atoms. The Morgan fingerprint density at radius 3 is 1.75 bits per heavy atom. The molecule has 1 atom stereocenters. The van der Waals surface area contributed by atoms with Crippen LogP contribution in [0.2, 0.25) is 0 Å². The first-order valence-corrected chi connectivity index (χ1v) is 4.54. The molecule has 1 unspecified atom stereocenters. The van der Waals surface area contributed by atoms with Crippen molar-refractivity contribution in [1.29, 1.82) is 0 Å². The number of nitrogens with one attached hydrogen (secondary N) is 1. The lowest BCUT2D eigenvalue weighted by atomic mass is 10.4. The Bertz CT molecular complexity index is 84.6. The van der Waals surface area contributed by atoms with Crippen molar-refractivity contribution in [2.24, 2.45) is 0 Å². The summed E-state index contributed by atoms with van der Waals surface area (Å²) in [5.41, 5.74) is 0. The van der Waals surface area contributed by atoms with E-state index in [9.17, 15) is 4.79 Å². The number of hydrogen-bond acceptors (Lipinski definition) is 2. The SMILES string of the molecule is CC.CC.CC(=O)NC(C)CO. The van der Waals surface area contributed by atoms with E-state index in [0.717, 1.165) is 0 Å². The third-order valence-corrected chi connectivity index (χ3v) is 0.724. The van der Waals surface area contributed by atoms with Gasteiger partial charge in [-0.2, -0.15) is 0 Å². The molecule has 0 heterocycles. The Kier molecular flexibility index (Phi) is 24.5. The molecule has 0 aliphatic heterocycles. The highest BCUT2D eigenvalue weighted by atomic mass is 16.3. The maximum atomic E-state index is 10.2. The Labute approximate surface area is 76.2 Å². The summed E-state index contributed by atoms with van der Waals surface area (Å²) in [5.74, 6) is -0.105. The van der Waals surface area contributed by atoms with Crippen LogP contribution in [0.3, 0.4) is 0 Å². The predicted molar refractivity (Wildman–Crippen MR) is 53.1 cm³/mol. The van der Waals surface area contributed by atoms with Crippen molar-refractivity contribution in [1.82, 2.24) is 5.32 Å². The number of aliphatic hydroxyl groups excluding tert-OH is 1. The summed E-state index contributed by atoms with van der Waals surface area (Å²) in [7, 11) is 0. The molecule has 0 aliphatic carbocycles. The van der Waals surface area contributed by atoms with Crippen molar-refractivity contribution in [3.05, 3.63) is 0 Å². The molecule has 1 amide bonds. The zero-order valence-electron chi connectivity index (χ0n) is 9.14. The van der Waals surface area contributed by atoms with Gasteiger partial charge in [0, 0.05) is 13.0 Å². The summed E-state index contributed by atoms with van der Waals surface area (Å²) in [6.07, 6.45) is 0. The van der Waals surface area contributed by atoms with E-state index < -0.39 is 0 Å². The molecular weight excluding hydrogens is 154 g/mol. The minimum atomic E-state index is -0.118. The van der Waals surface area contributed by atoms with Gasteiger partial charge in [0.2, 0.25) is 5.91 Å². The van der Waals surface area contributed by atoms with Crippen molar-refractivity contribution in [3.8, 4) is 0 Å². The van der Waals surface area contributed by atoms with E-state index in [2.05, 4.69) is 5.32 Å². The molecule has 0 saturated carbocycles. The number of rotatable bonds is 2. The molecule has 2 N–H and O–H groups in total. The molecular formula is C9H23NO2. The number of aliphatic hydroxyl groups is 1. The summed E-state index contributed by atoms with van der Waals surface area (Å²) in [6.45, 7) is 11.2. The van der Waals surface area contributed by atoms with Crippen LogP contribution in [0.5, 0.6) is 0 Å². The minimum Gasteiger partial charge on any atom is -0.394 e. The molecule has 0 aromatic rings. The second kappa shape index (κ2) is 16.8. The summed E-state index contributed by atoms with van der Waals surface area (Å²) >= 11 is 0. The summed E-state index contributed by atoms with van der Waals surface area (Å²) in [4.78, 5) is 10.2. The molecule has 12 heavy (non-hydrogen) atoms. The molecule has 0 fully saturated rings. The highest BCUT2D eigenvalue weighted by Gasteiger charge is 1.97. The number of carbonyl (C=O) groups excluding carboxylic acids is 1. The molecule has 3 nitrogen and oxygen atoms in total. The number of amides is 1. The zero-order chi connectivity index (χ0) is 10.6. The van der Waals surface area contributed by atoms with Gasteiger partial charge in [-0.15, -0.1) is 0 Å². The van der Waals surface area contributed by atoms with Crippen LogP contribution in [-0.2, 0) is 4.79 Å². The van der Waals surface area contributed by atoms with E-state index in [-0.39, 0.29) is 18.6 Å². The lowest BCUT2D eigenvalue weighted by Crippen LogP contribution is -2.32. The Morgan fingerprint density at radius 1 is 1.33 bits per heavy atom. The van der Waals surface area contributed by atoms with Gasteiger partial charge < -0.3 is 10.4 Å². The average molecular weight is 177 g/mol. The van der Waals surface area contributed by atoms with E-state index in [4.69, 9.17) is 5.11 Å². The van der Waals surface area contributed by atoms with Gasteiger partial charge in [0.05, 0.1) is 6.61 Å². The fourth-order valence-corrected chi connectivity index (χ4v) is 0.393. The van der Waals surface area contributed by atoms with Gasteiger partial charge >= 0.3 is 0 Å². The zero-order valence-corrected chi connectivity index (χ0v) is 9.14. The van der Waals surface area contributed by atoms with Gasteiger partial charge in [-0.05, 0) is 6.92 Å². The van der Waals surface area contributed by atoms with Crippen LogP contribution >= 0.6 is 0 Å². The average Bonchev–Trinajstić information content (AvgIpc) is 2.10. The molecule has 0 aromatic carbocycles. The number of hydrogen-bond donors (Lipinski definition) is 2. The highest BCUT2D eigenvalue weighted by molar-refractivity contribution is 5.73. The molecule has 0 saturated heterocycles. The smallest absolute Gasteiger partial charge is 0.217 e. The number of carbonyl (C=O) groups is 1. The van der Waals surface area contributed by atoms with Crippen molar-refractivity contribution < 1.29 is 9.90 Å². The van der Waals surface area contributed by atoms with Gasteiger partial charge in [0.25, 0.3) is 0 Å². The summed E-state index contributed by atoms with van der Waals surface area (Å²) in [6, 6.07) is -0.118. The lowest BCUT2D eigenvalue weighted by Gasteiger charge is -2.06. The van der Waals surface area contributed by atoms with E-state index >= 15 is 0 Å². The van der Waals surface area contributed by atoms with Crippen molar-refractivity contribution >= 4 is 5.91 Å². The van der Waals surface area contributed by atoms with E-state index in [0.29, 0.717) is 0 Å². The van der Waals surface area contributed by atoms with E-state index in [1.165, 1.54) is 6.92 Å². The minimum absolute atomic E-state index is 0.000417. The van der Waals surface area contributed by atoms with Crippen molar-refractivity contribution in [2.45, 2.75) is 47.6 Å². The van der Waals surface area contributed by atoms with E-state index in [1.54, 1.807) is 6.92 Å². The van der Waals surface area contributed by atoms with Crippen LogP contribution in [0.15, 0.2) is 0 Å². The van der Waals surface area contributed by atoms with Crippen LogP contribution < -0.4 is 5.32 Å². The summed E-state index contributed by atoms with van der Waals surface area (Å²) in [5, 5.41) is 10.9. The molecule has 3 heteroatoms. The van der Waals surface area contributed by atoms with Crippen molar-refractivity contribution in [2.75, 3.05) is 6.61 Å². The normalized spacial score (nSPS) is 9.58. The molecule has 0 radical (unpaired) electrons. The van der Waals surface area contributed by atoms with Gasteiger partial charge in [-0.3, -0.25) is 4.79 Å². The van der Waals surface area contributed by atoms with Crippen molar-refractivity contribution in [3.63, 3.8) is 0 Å². The topological polar surface area (TPSA) is 49.3 Å². The second-order valence-corrected chi connectivity index (χ2v) is 1.78. The maximum absolute atomic E-state index is 10.2. The first-order valence-electron chi connectivity index (χ1n) is 4.54. The van der Waals surface area contributed by atoms with Crippen LogP contribution in [-0.4, -0.2) is 23.7 Å². The first kappa shape index (κ1) is 17.5. The Morgan fingerprint density at radius 2 is 1.67 bits per heavy atom. The highest BCUT2D eigenvalue weighted by Crippen LogP contribution is 1.75. The third-order valence-electron chi connectivity index (χ3n) is 0.724. The molecule has 0 bridgehead atoms.